The highest BCUT2D eigenvalue weighted by atomic mass is 19.1. The monoisotopic (exact) mass is 275 g/mol. The summed E-state index contributed by atoms with van der Waals surface area (Å²) in [4.78, 5) is 2.27. The molecule has 0 amide bonds. The van der Waals surface area contributed by atoms with Gasteiger partial charge in [-0.15, -0.1) is 0 Å². The molecule has 1 aliphatic heterocycles. The maximum absolute atomic E-state index is 14.1. The zero-order valence-electron chi connectivity index (χ0n) is 12.2. The normalized spacial score (nSPS) is 18.7. The van der Waals surface area contributed by atoms with E-state index in [0.29, 0.717) is 24.2 Å². The van der Waals surface area contributed by atoms with Crippen LogP contribution in [-0.2, 0) is 6.54 Å². The van der Waals surface area contributed by atoms with Gasteiger partial charge in [0, 0.05) is 30.7 Å². The lowest BCUT2D eigenvalue weighted by Gasteiger charge is -2.29. The minimum atomic E-state index is -0.375. The number of halogens is 1. The van der Waals surface area contributed by atoms with Gasteiger partial charge >= 0.3 is 0 Å². The third-order valence-electron chi connectivity index (χ3n) is 3.92. The maximum Gasteiger partial charge on any atom is 0.145 e. The number of nitriles is 1. The zero-order valence-corrected chi connectivity index (χ0v) is 12.2. The maximum atomic E-state index is 14.1. The summed E-state index contributed by atoms with van der Waals surface area (Å²) in [5.74, 6) is -0.375. The van der Waals surface area contributed by atoms with Crippen molar-refractivity contribution < 1.29 is 4.39 Å². The van der Waals surface area contributed by atoms with Crippen LogP contribution in [0.15, 0.2) is 18.2 Å². The van der Waals surface area contributed by atoms with Gasteiger partial charge in [0.15, 0.2) is 0 Å². The van der Waals surface area contributed by atoms with Crippen molar-refractivity contribution >= 4 is 0 Å². The van der Waals surface area contributed by atoms with Gasteiger partial charge in [0.05, 0.1) is 5.56 Å². The lowest BCUT2D eigenvalue weighted by Crippen LogP contribution is -2.40. The van der Waals surface area contributed by atoms with E-state index >= 15 is 0 Å². The van der Waals surface area contributed by atoms with Crippen molar-refractivity contribution in [3.05, 3.63) is 35.1 Å². The van der Waals surface area contributed by atoms with Crippen LogP contribution in [0, 0.1) is 17.1 Å². The number of rotatable bonds is 5. The van der Waals surface area contributed by atoms with Gasteiger partial charge in [0.1, 0.15) is 11.9 Å². The second kappa shape index (κ2) is 6.83. The second-order valence-electron chi connectivity index (χ2n) is 5.71. The molecule has 0 aliphatic carbocycles. The molecule has 20 heavy (non-hydrogen) atoms. The third kappa shape index (κ3) is 3.56. The summed E-state index contributed by atoms with van der Waals surface area (Å²) in [6.07, 6.45) is 2.40. The molecule has 108 valence electrons. The number of benzene rings is 1. The number of nitrogens with zero attached hydrogens (tertiary/aromatic N) is 2. The van der Waals surface area contributed by atoms with Gasteiger partial charge in [-0.1, -0.05) is 12.1 Å². The Kier molecular flexibility index (Phi) is 5.11. The van der Waals surface area contributed by atoms with Crippen molar-refractivity contribution in [3.63, 3.8) is 0 Å². The lowest BCUT2D eigenvalue weighted by atomic mass is 10.1. The van der Waals surface area contributed by atoms with Gasteiger partial charge in [-0.25, -0.2) is 4.39 Å². The second-order valence-corrected chi connectivity index (χ2v) is 5.71. The molecule has 1 aromatic rings. The molecular formula is C16H22FN3. The van der Waals surface area contributed by atoms with Crippen LogP contribution in [0.5, 0.6) is 0 Å². The summed E-state index contributed by atoms with van der Waals surface area (Å²) in [5.41, 5.74) is 0.737. The van der Waals surface area contributed by atoms with Crippen LogP contribution in [-0.4, -0.2) is 30.1 Å². The van der Waals surface area contributed by atoms with Crippen molar-refractivity contribution in [2.24, 2.45) is 0 Å². The lowest BCUT2D eigenvalue weighted by molar-refractivity contribution is 0.191. The van der Waals surface area contributed by atoms with Gasteiger partial charge in [-0.3, -0.25) is 4.90 Å². The van der Waals surface area contributed by atoms with Crippen molar-refractivity contribution in [2.75, 3.05) is 13.1 Å². The summed E-state index contributed by atoms with van der Waals surface area (Å²) >= 11 is 0. The molecule has 0 spiro atoms. The highest BCUT2D eigenvalue weighted by Gasteiger charge is 2.21. The predicted octanol–water partition coefficient (Wildman–Crippen LogP) is 2.66. The van der Waals surface area contributed by atoms with Crippen molar-refractivity contribution in [1.82, 2.24) is 10.2 Å². The number of hydrogen-bond acceptors (Lipinski definition) is 3. The Morgan fingerprint density at radius 1 is 1.50 bits per heavy atom. The highest BCUT2D eigenvalue weighted by molar-refractivity contribution is 5.34. The molecule has 0 bridgehead atoms. The Bertz CT molecular complexity index is 487. The Morgan fingerprint density at radius 3 is 2.90 bits per heavy atom. The van der Waals surface area contributed by atoms with Crippen LogP contribution in [0.1, 0.15) is 37.8 Å². The third-order valence-corrected chi connectivity index (χ3v) is 3.92. The predicted molar refractivity (Wildman–Crippen MR) is 77.7 cm³/mol. The first kappa shape index (κ1) is 15.0. The SMILES string of the molecule is CC(C)N(Cc1cccc(C#N)c1F)CC1CCCN1. The van der Waals surface area contributed by atoms with Crippen LogP contribution >= 0.6 is 0 Å². The van der Waals surface area contributed by atoms with E-state index in [9.17, 15) is 4.39 Å². The van der Waals surface area contributed by atoms with E-state index in [2.05, 4.69) is 24.1 Å². The van der Waals surface area contributed by atoms with E-state index in [-0.39, 0.29) is 11.4 Å². The van der Waals surface area contributed by atoms with Crippen LogP contribution in [0.4, 0.5) is 4.39 Å². The summed E-state index contributed by atoms with van der Waals surface area (Å²) in [7, 11) is 0. The molecular weight excluding hydrogens is 253 g/mol. The first-order chi connectivity index (χ1) is 9.61. The Balaban J connectivity index is 2.10. The van der Waals surface area contributed by atoms with Crippen LogP contribution < -0.4 is 5.32 Å². The summed E-state index contributed by atoms with van der Waals surface area (Å²) < 4.78 is 14.1. The van der Waals surface area contributed by atoms with Gasteiger partial charge < -0.3 is 5.32 Å². The van der Waals surface area contributed by atoms with Gasteiger partial charge in [-0.05, 0) is 39.3 Å². The van der Waals surface area contributed by atoms with E-state index < -0.39 is 0 Å². The molecule has 3 nitrogen and oxygen atoms in total. The molecule has 1 aliphatic rings. The smallest absolute Gasteiger partial charge is 0.145 e. The fourth-order valence-electron chi connectivity index (χ4n) is 2.66. The van der Waals surface area contributed by atoms with E-state index in [4.69, 9.17) is 5.26 Å². The summed E-state index contributed by atoms with van der Waals surface area (Å²) in [6, 6.07) is 7.80. The molecule has 4 heteroatoms. The first-order valence-corrected chi connectivity index (χ1v) is 7.26. The molecule has 0 aromatic heterocycles. The molecule has 1 saturated heterocycles. The van der Waals surface area contributed by atoms with E-state index in [0.717, 1.165) is 13.1 Å². The molecule has 1 N–H and O–H groups in total. The molecule has 1 heterocycles. The van der Waals surface area contributed by atoms with Crippen molar-refractivity contribution in [3.8, 4) is 6.07 Å². The Morgan fingerprint density at radius 2 is 2.30 bits per heavy atom. The van der Waals surface area contributed by atoms with Crippen molar-refractivity contribution in [2.45, 2.75) is 45.3 Å². The summed E-state index contributed by atoms with van der Waals surface area (Å²) in [5, 5.41) is 12.4. The molecule has 1 atom stereocenters. The van der Waals surface area contributed by atoms with Crippen LogP contribution in [0.2, 0.25) is 0 Å². The summed E-state index contributed by atoms with van der Waals surface area (Å²) in [6.45, 7) is 6.81. The van der Waals surface area contributed by atoms with E-state index in [1.165, 1.54) is 18.9 Å². The first-order valence-electron chi connectivity index (χ1n) is 7.26. The van der Waals surface area contributed by atoms with E-state index in [1.807, 2.05) is 6.07 Å². The fraction of sp³-hybridized carbons (Fsp3) is 0.562. The standard InChI is InChI=1S/C16H22FN3/c1-12(2)20(11-15-7-4-8-19-15)10-14-6-3-5-13(9-18)16(14)17/h3,5-6,12,15,19H,4,7-8,10-11H2,1-2H3. The molecule has 2 rings (SSSR count). The number of hydrogen-bond donors (Lipinski definition) is 1. The Hall–Kier alpha value is -1.44. The van der Waals surface area contributed by atoms with Crippen LogP contribution in [0.25, 0.3) is 0 Å². The molecule has 1 aromatic carbocycles. The fourth-order valence-corrected chi connectivity index (χ4v) is 2.66. The van der Waals surface area contributed by atoms with Gasteiger partial charge in [0.25, 0.3) is 0 Å². The van der Waals surface area contributed by atoms with Crippen molar-refractivity contribution in [1.29, 1.82) is 5.26 Å². The quantitative estimate of drug-likeness (QED) is 0.898. The largest absolute Gasteiger partial charge is 0.313 e. The molecule has 1 unspecified atom stereocenters. The Labute approximate surface area is 120 Å². The average molecular weight is 275 g/mol. The van der Waals surface area contributed by atoms with Gasteiger partial charge in [0.2, 0.25) is 0 Å². The van der Waals surface area contributed by atoms with E-state index in [1.54, 1.807) is 12.1 Å². The molecule has 0 radical (unpaired) electrons. The number of nitrogens with one attached hydrogen (secondary N) is 1. The minimum Gasteiger partial charge on any atom is -0.313 e. The minimum absolute atomic E-state index is 0.130. The highest BCUT2D eigenvalue weighted by Crippen LogP contribution is 2.17. The average Bonchev–Trinajstić information content (AvgIpc) is 2.93. The van der Waals surface area contributed by atoms with Crippen LogP contribution in [0.3, 0.4) is 0 Å². The molecule has 1 fully saturated rings. The zero-order chi connectivity index (χ0) is 14.5. The van der Waals surface area contributed by atoms with Gasteiger partial charge in [-0.2, -0.15) is 5.26 Å². The topological polar surface area (TPSA) is 39.1 Å². The molecule has 0 saturated carbocycles.